The van der Waals surface area contributed by atoms with Crippen molar-refractivity contribution in [2.45, 2.75) is 19.0 Å². The topological polar surface area (TPSA) is 21.6 Å². The van der Waals surface area contributed by atoms with Crippen molar-refractivity contribution in [3.05, 3.63) is 70.8 Å². The van der Waals surface area contributed by atoms with E-state index >= 15 is 0 Å². The fourth-order valence-corrected chi connectivity index (χ4v) is 1.84. The summed E-state index contributed by atoms with van der Waals surface area (Å²) in [6, 6.07) is 8.92. The molecule has 0 aromatic heterocycles. The molecule has 0 bridgehead atoms. The molecular formula is C16H11F6NO. The molecule has 0 aliphatic carbocycles. The van der Waals surface area contributed by atoms with Crippen LogP contribution in [0.2, 0.25) is 0 Å². The molecule has 0 unspecified atom stereocenters. The standard InChI is InChI=1S/C16H11F6NO/c17-15(18,19)13-5-1-3-11(7-13)9-23-24-10-12-4-2-6-14(8-12)16(20,21)22/h1-9H,10H2. The average Bonchev–Trinajstić information content (AvgIpc) is 2.51. The van der Waals surface area contributed by atoms with Crippen LogP contribution < -0.4 is 0 Å². The summed E-state index contributed by atoms with van der Waals surface area (Å²) in [6.45, 7) is -0.237. The van der Waals surface area contributed by atoms with Gasteiger partial charge in [-0.2, -0.15) is 26.3 Å². The van der Waals surface area contributed by atoms with E-state index < -0.39 is 23.5 Å². The van der Waals surface area contributed by atoms with Gasteiger partial charge in [-0.1, -0.05) is 29.4 Å². The van der Waals surface area contributed by atoms with Gasteiger partial charge in [0.2, 0.25) is 0 Å². The normalized spacial score (nSPS) is 12.6. The summed E-state index contributed by atoms with van der Waals surface area (Å²) in [5, 5.41) is 3.48. The van der Waals surface area contributed by atoms with E-state index in [1.54, 1.807) is 0 Å². The molecule has 0 amide bonds. The molecule has 0 saturated heterocycles. The number of rotatable bonds is 4. The molecule has 2 aromatic rings. The Morgan fingerprint density at radius 3 is 2.04 bits per heavy atom. The van der Waals surface area contributed by atoms with E-state index in [-0.39, 0.29) is 17.7 Å². The van der Waals surface area contributed by atoms with Gasteiger partial charge in [-0.15, -0.1) is 0 Å². The first-order valence-corrected chi connectivity index (χ1v) is 6.65. The van der Waals surface area contributed by atoms with Gasteiger partial charge >= 0.3 is 12.4 Å². The Bertz CT molecular complexity index is 721. The lowest BCUT2D eigenvalue weighted by Crippen LogP contribution is -2.05. The highest BCUT2D eigenvalue weighted by Crippen LogP contribution is 2.30. The van der Waals surface area contributed by atoms with Crippen LogP contribution in [0.4, 0.5) is 26.3 Å². The predicted molar refractivity (Wildman–Crippen MR) is 75.3 cm³/mol. The van der Waals surface area contributed by atoms with Crippen molar-refractivity contribution >= 4 is 6.21 Å². The highest BCUT2D eigenvalue weighted by Gasteiger charge is 2.31. The summed E-state index contributed by atoms with van der Waals surface area (Å²) in [7, 11) is 0. The molecule has 128 valence electrons. The second-order valence-corrected chi connectivity index (χ2v) is 4.83. The predicted octanol–water partition coefficient (Wildman–Crippen LogP) is 5.27. The minimum absolute atomic E-state index is 0.161. The fraction of sp³-hybridized carbons (Fsp3) is 0.188. The molecule has 0 fully saturated rings. The third-order valence-electron chi connectivity index (χ3n) is 2.98. The molecular weight excluding hydrogens is 336 g/mol. The molecule has 2 nitrogen and oxygen atoms in total. The van der Waals surface area contributed by atoms with E-state index in [4.69, 9.17) is 4.84 Å². The van der Waals surface area contributed by atoms with Crippen molar-refractivity contribution in [2.24, 2.45) is 5.16 Å². The van der Waals surface area contributed by atoms with Crippen molar-refractivity contribution in [1.29, 1.82) is 0 Å². The number of nitrogens with zero attached hydrogens (tertiary/aromatic N) is 1. The zero-order valence-electron chi connectivity index (χ0n) is 12.0. The lowest BCUT2D eigenvalue weighted by Gasteiger charge is -2.08. The smallest absolute Gasteiger partial charge is 0.391 e. The lowest BCUT2D eigenvalue weighted by atomic mass is 10.1. The SMILES string of the molecule is FC(F)(F)c1cccc(C=NOCc2cccc(C(F)(F)F)c2)c1. The highest BCUT2D eigenvalue weighted by atomic mass is 19.4. The Balaban J connectivity index is 1.98. The van der Waals surface area contributed by atoms with Crippen LogP contribution in [0.1, 0.15) is 22.3 Å². The van der Waals surface area contributed by atoms with Gasteiger partial charge in [0, 0.05) is 0 Å². The first-order chi connectivity index (χ1) is 11.2. The van der Waals surface area contributed by atoms with Crippen LogP contribution in [0.15, 0.2) is 53.7 Å². The van der Waals surface area contributed by atoms with Gasteiger partial charge in [-0.25, -0.2) is 0 Å². The van der Waals surface area contributed by atoms with Gasteiger partial charge in [0.15, 0.2) is 0 Å². The molecule has 0 aliphatic rings. The molecule has 0 aliphatic heterocycles. The van der Waals surface area contributed by atoms with E-state index in [1.807, 2.05) is 0 Å². The summed E-state index contributed by atoms with van der Waals surface area (Å²) in [5.41, 5.74) is -1.24. The highest BCUT2D eigenvalue weighted by molar-refractivity contribution is 5.79. The maximum absolute atomic E-state index is 12.5. The molecule has 8 heteroatoms. The van der Waals surface area contributed by atoms with Gasteiger partial charge in [-0.3, -0.25) is 0 Å². The molecule has 0 saturated carbocycles. The number of benzene rings is 2. The Kier molecular flexibility index (Phi) is 5.16. The van der Waals surface area contributed by atoms with Gasteiger partial charge < -0.3 is 4.84 Å². The molecule has 0 heterocycles. The summed E-state index contributed by atoms with van der Waals surface area (Å²) < 4.78 is 75.3. The maximum Gasteiger partial charge on any atom is 0.416 e. The zero-order chi connectivity index (χ0) is 17.8. The van der Waals surface area contributed by atoms with E-state index in [2.05, 4.69) is 5.16 Å². The fourth-order valence-electron chi connectivity index (χ4n) is 1.84. The molecule has 0 N–H and O–H groups in total. The van der Waals surface area contributed by atoms with Gasteiger partial charge in [0.1, 0.15) is 6.61 Å². The minimum atomic E-state index is -4.47. The van der Waals surface area contributed by atoms with Crippen molar-refractivity contribution < 1.29 is 31.2 Å². The Morgan fingerprint density at radius 2 is 1.42 bits per heavy atom. The van der Waals surface area contributed by atoms with Crippen molar-refractivity contribution in [1.82, 2.24) is 0 Å². The Morgan fingerprint density at radius 1 is 0.833 bits per heavy atom. The lowest BCUT2D eigenvalue weighted by molar-refractivity contribution is -0.138. The van der Waals surface area contributed by atoms with Gasteiger partial charge in [-0.05, 0) is 35.4 Å². The van der Waals surface area contributed by atoms with Crippen LogP contribution in [-0.4, -0.2) is 6.21 Å². The van der Waals surface area contributed by atoms with Crippen LogP contribution in [0, 0.1) is 0 Å². The summed E-state index contributed by atoms with van der Waals surface area (Å²) in [4.78, 5) is 4.84. The molecule has 0 atom stereocenters. The minimum Gasteiger partial charge on any atom is -0.391 e. The van der Waals surface area contributed by atoms with Crippen LogP contribution in [0.3, 0.4) is 0 Å². The molecule has 2 rings (SSSR count). The average molecular weight is 347 g/mol. The van der Waals surface area contributed by atoms with Crippen molar-refractivity contribution in [3.8, 4) is 0 Å². The van der Waals surface area contributed by atoms with Gasteiger partial charge in [0.25, 0.3) is 0 Å². The van der Waals surface area contributed by atoms with Crippen LogP contribution in [-0.2, 0) is 23.8 Å². The second kappa shape index (κ2) is 6.94. The third kappa shape index (κ3) is 5.00. The van der Waals surface area contributed by atoms with Crippen LogP contribution >= 0.6 is 0 Å². The molecule has 24 heavy (non-hydrogen) atoms. The number of alkyl halides is 6. The van der Waals surface area contributed by atoms with Gasteiger partial charge in [0.05, 0.1) is 17.3 Å². The molecule has 0 radical (unpaired) electrons. The largest absolute Gasteiger partial charge is 0.416 e. The van der Waals surface area contributed by atoms with Crippen molar-refractivity contribution in [3.63, 3.8) is 0 Å². The monoisotopic (exact) mass is 347 g/mol. The Labute approximate surface area is 133 Å². The first kappa shape index (κ1) is 17.8. The maximum atomic E-state index is 12.5. The summed E-state index contributed by atoms with van der Waals surface area (Å²) in [6.07, 6.45) is -7.87. The van der Waals surface area contributed by atoms with E-state index in [0.29, 0.717) is 0 Å². The van der Waals surface area contributed by atoms with Crippen LogP contribution in [0.25, 0.3) is 0 Å². The van der Waals surface area contributed by atoms with E-state index in [1.165, 1.54) is 24.3 Å². The number of hydrogen-bond donors (Lipinski definition) is 0. The zero-order valence-corrected chi connectivity index (χ0v) is 12.0. The first-order valence-electron chi connectivity index (χ1n) is 6.65. The second-order valence-electron chi connectivity index (χ2n) is 4.83. The third-order valence-corrected chi connectivity index (χ3v) is 2.98. The molecule has 0 spiro atoms. The number of hydrogen-bond acceptors (Lipinski definition) is 2. The molecule has 2 aromatic carbocycles. The summed E-state index contributed by atoms with van der Waals surface area (Å²) >= 11 is 0. The van der Waals surface area contributed by atoms with Crippen molar-refractivity contribution in [2.75, 3.05) is 0 Å². The Hall–Kier alpha value is -2.51. The quantitative estimate of drug-likeness (QED) is 0.419. The van der Waals surface area contributed by atoms with E-state index in [0.717, 1.165) is 30.5 Å². The number of oxime groups is 1. The van der Waals surface area contributed by atoms with E-state index in [9.17, 15) is 26.3 Å². The van der Waals surface area contributed by atoms with Crippen LogP contribution in [0.5, 0.6) is 0 Å². The summed E-state index contributed by atoms with van der Waals surface area (Å²) in [5.74, 6) is 0. The number of halogens is 6.